The molecule has 9 heteroatoms. The van der Waals surface area contributed by atoms with Crippen LogP contribution in [-0.4, -0.2) is 55.0 Å². The van der Waals surface area contributed by atoms with E-state index in [1.165, 1.54) is 25.9 Å². The van der Waals surface area contributed by atoms with E-state index in [0.29, 0.717) is 22.2 Å². The SMILES string of the molecule is Cn1ccc(-c2nc(N)c(SCCN3CCCC3)nc2-c2cc(Cl)c3ncccc3c2)n1. The number of benzene rings is 1. The molecule has 4 aromatic rings. The molecule has 32 heavy (non-hydrogen) atoms. The number of aromatic nitrogens is 5. The molecular formula is C23H24ClN7S. The smallest absolute Gasteiger partial charge is 0.156 e. The van der Waals surface area contributed by atoms with E-state index in [-0.39, 0.29) is 0 Å². The number of halogens is 1. The van der Waals surface area contributed by atoms with E-state index >= 15 is 0 Å². The monoisotopic (exact) mass is 465 g/mol. The van der Waals surface area contributed by atoms with Gasteiger partial charge >= 0.3 is 0 Å². The number of nitrogen functional groups attached to an aromatic ring is 1. The van der Waals surface area contributed by atoms with Crippen molar-refractivity contribution >= 4 is 40.1 Å². The van der Waals surface area contributed by atoms with Gasteiger partial charge in [-0.3, -0.25) is 9.67 Å². The number of thioether (sulfide) groups is 1. The highest BCUT2D eigenvalue weighted by Crippen LogP contribution is 2.36. The molecule has 0 spiro atoms. The fraction of sp³-hybridized carbons (Fsp3) is 0.304. The maximum atomic E-state index is 6.58. The Bertz CT molecular complexity index is 1270. The number of rotatable bonds is 6. The Balaban J connectivity index is 1.56. The number of nitrogens with zero attached hydrogens (tertiary/aromatic N) is 6. The number of hydrogen-bond acceptors (Lipinski definition) is 7. The highest BCUT2D eigenvalue weighted by Gasteiger charge is 2.19. The van der Waals surface area contributed by atoms with Gasteiger partial charge in [0.2, 0.25) is 0 Å². The number of fused-ring (bicyclic) bond motifs is 1. The van der Waals surface area contributed by atoms with Crippen molar-refractivity contribution in [3.05, 3.63) is 47.7 Å². The molecule has 7 nitrogen and oxygen atoms in total. The normalized spacial score (nSPS) is 14.4. The molecule has 0 saturated carbocycles. The maximum absolute atomic E-state index is 6.58. The van der Waals surface area contributed by atoms with Gasteiger partial charge in [-0.25, -0.2) is 9.97 Å². The second-order valence-corrected chi connectivity index (χ2v) is 9.41. The van der Waals surface area contributed by atoms with Crippen LogP contribution in [0.1, 0.15) is 12.8 Å². The fourth-order valence-electron chi connectivity index (χ4n) is 4.02. The molecule has 1 fully saturated rings. The Morgan fingerprint density at radius 1 is 1.12 bits per heavy atom. The van der Waals surface area contributed by atoms with E-state index in [0.717, 1.165) is 39.5 Å². The number of nitrogens with two attached hydrogens (primary N) is 1. The summed E-state index contributed by atoms with van der Waals surface area (Å²) in [4.78, 5) is 16.6. The van der Waals surface area contributed by atoms with Gasteiger partial charge in [-0.05, 0) is 50.2 Å². The average molecular weight is 466 g/mol. The van der Waals surface area contributed by atoms with Crippen LogP contribution in [0.5, 0.6) is 0 Å². The summed E-state index contributed by atoms with van der Waals surface area (Å²) < 4.78 is 1.74. The van der Waals surface area contributed by atoms with E-state index in [1.54, 1.807) is 22.6 Å². The van der Waals surface area contributed by atoms with Crippen molar-refractivity contribution in [2.45, 2.75) is 17.9 Å². The number of likely N-dealkylation sites (tertiary alicyclic amines) is 1. The second-order valence-electron chi connectivity index (χ2n) is 7.92. The van der Waals surface area contributed by atoms with Crippen molar-refractivity contribution in [2.24, 2.45) is 7.05 Å². The van der Waals surface area contributed by atoms with E-state index in [2.05, 4.69) is 15.0 Å². The number of anilines is 1. The van der Waals surface area contributed by atoms with Crippen LogP contribution in [0.2, 0.25) is 5.02 Å². The van der Waals surface area contributed by atoms with Crippen LogP contribution >= 0.6 is 23.4 Å². The standard InChI is InChI=1S/C23H24ClN7S/c1-30-10-6-18(29-30)21-20(16-13-15-5-4-7-26-19(15)17(24)14-16)28-23(22(25)27-21)32-12-11-31-8-2-3-9-31/h4-7,10,13-14H,2-3,8-9,11-12H2,1H3,(H2,25,27). The average Bonchev–Trinajstić information content (AvgIpc) is 3.46. The molecule has 0 amide bonds. The third kappa shape index (κ3) is 4.30. The largest absolute Gasteiger partial charge is 0.381 e. The van der Waals surface area contributed by atoms with E-state index in [4.69, 9.17) is 27.3 Å². The van der Waals surface area contributed by atoms with Gasteiger partial charge in [0.1, 0.15) is 16.4 Å². The van der Waals surface area contributed by atoms with Crippen LogP contribution in [-0.2, 0) is 7.05 Å². The summed E-state index contributed by atoms with van der Waals surface area (Å²) in [7, 11) is 1.88. The summed E-state index contributed by atoms with van der Waals surface area (Å²) in [6.07, 6.45) is 6.19. The van der Waals surface area contributed by atoms with Gasteiger partial charge < -0.3 is 10.6 Å². The Kier molecular flexibility index (Phi) is 5.99. The quantitative estimate of drug-likeness (QED) is 0.419. The predicted molar refractivity (Wildman–Crippen MR) is 131 cm³/mol. The molecular weight excluding hydrogens is 442 g/mol. The minimum Gasteiger partial charge on any atom is -0.381 e. The van der Waals surface area contributed by atoms with Crippen LogP contribution in [0.15, 0.2) is 47.8 Å². The lowest BCUT2D eigenvalue weighted by Gasteiger charge is -2.15. The molecule has 3 aromatic heterocycles. The predicted octanol–water partition coefficient (Wildman–Crippen LogP) is 4.52. The van der Waals surface area contributed by atoms with Crippen LogP contribution < -0.4 is 5.73 Å². The number of pyridine rings is 1. The molecule has 5 rings (SSSR count). The Morgan fingerprint density at radius 2 is 1.97 bits per heavy atom. The third-order valence-corrected chi connectivity index (χ3v) is 6.87. The molecule has 1 saturated heterocycles. The molecule has 0 bridgehead atoms. The molecule has 1 aromatic carbocycles. The minimum atomic E-state index is 0.425. The molecule has 0 aliphatic carbocycles. The summed E-state index contributed by atoms with van der Waals surface area (Å²) in [5.41, 5.74) is 10.1. The van der Waals surface area contributed by atoms with Crippen LogP contribution in [0, 0.1) is 0 Å². The summed E-state index contributed by atoms with van der Waals surface area (Å²) in [6, 6.07) is 9.74. The molecule has 1 aliphatic rings. The Morgan fingerprint density at radius 3 is 2.75 bits per heavy atom. The highest BCUT2D eigenvalue weighted by molar-refractivity contribution is 7.99. The molecule has 0 atom stereocenters. The van der Waals surface area contributed by atoms with Crippen molar-refractivity contribution in [3.8, 4) is 22.6 Å². The van der Waals surface area contributed by atoms with Gasteiger partial charge in [-0.1, -0.05) is 17.7 Å². The summed E-state index contributed by atoms with van der Waals surface area (Å²) >= 11 is 8.22. The summed E-state index contributed by atoms with van der Waals surface area (Å²) in [6.45, 7) is 3.38. The van der Waals surface area contributed by atoms with Gasteiger partial charge in [0.25, 0.3) is 0 Å². The van der Waals surface area contributed by atoms with Gasteiger partial charge in [0, 0.05) is 42.7 Å². The molecule has 1 aliphatic heterocycles. The van der Waals surface area contributed by atoms with Crippen LogP contribution in [0.3, 0.4) is 0 Å². The lowest BCUT2D eigenvalue weighted by atomic mass is 10.0. The second kappa shape index (κ2) is 9.05. The van der Waals surface area contributed by atoms with Crippen molar-refractivity contribution in [2.75, 3.05) is 31.1 Å². The maximum Gasteiger partial charge on any atom is 0.156 e. The van der Waals surface area contributed by atoms with Gasteiger partial charge in [0.05, 0.1) is 16.2 Å². The number of aryl methyl sites for hydroxylation is 1. The zero-order valence-electron chi connectivity index (χ0n) is 17.8. The minimum absolute atomic E-state index is 0.425. The first-order chi connectivity index (χ1) is 15.6. The zero-order valence-corrected chi connectivity index (χ0v) is 19.4. The van der Waals surface area contributed by atoms with Crippen molar-refractivity contribution in [3.63, 3.8) is 0 Å². The molecule has 164 valence electrons. The van der Waals surface area contributed by atoms with E-state index in [9.17, 15) is 0 Å². The summed E-state index contributed by atoms with van der Waals surface area (Å²) in [5, 5.41) is 6.80. The molecule has 0 radical (unpaired) electrons. The first kappa shape index (κ1) is 21.2. The van der Waals surface area contributed by atoms with E-state index < -0.39 is 0 Å². The number of hydrogen-bond donors (Lipinski definition) is 1. The lowest BCUT2D eigenvalue weighted by molar-refractivity contribution is 0.362. The molecule has 4 heterocycles. The fourth-order valence-corrected chi connectivity index (χ4v) is 5.19. The Labute approximate surface area is 196 Å². The van der Waals surface area contributed by atoms with Gasteiger partial charge in [-0.15, -0.1) is 11.8 Å². The lowest BCUT2D eigenvalue weighted by Crippen LogP contribution is -2.22. The van der Waals surface area contributed by atoms with Gasteiger partial charge in [0.15, 0.2) is 5.82 Å². The van der Waals surface area contributed by atoms with Crippen LogP contribution in [0.4, 0.5) is 5.82 Å². The molecule has 0 unspecified atom stereocenters. The Hall–Kier alpha value is -2.68. The van der Waals surface area contributed by atoms with E-state index in [1.807, 2.05) is 43.6 Å². The molecule has 2 N–H and O–H groups in total. The van der Waals surface area contributed by atoms with Crippen molar-refractivity contribution in [1.29, 1.82) is 0 Å². The highest BCUT2D eigenvalue weighted by atomic mass is 35.5. The first-order valence-corrected chi connectivity index (χ1v) is 12.0. The zero-order chi connectivity index (χ0) is 22.1. The van der Waals surface area contributed by atoms with Gasteiger partial charge in [-0.2, -0.15) is 5.10 Å². The third-order valence-electron chi connectivity index (χ3n) is 5.62. The van der Waals surface area contributed by atoms with Crippen molar-refractivity contribution in [1.82, 2.24) is 29.6 Å². The van der Waals surface area contributed by atoms with Crippen LogP contribution in [0.25, 0.3) is 33.5 Å². The topological polar surface area (TPSA) is 85.8 Å². The first-order valence-electron chi connectivity index (χ1n) is 10.7. The van der Waals surface area contributed by atoms with Crippen molar-refractivity contribution < 1.29 is 0 Å². The summed E-state index contributed by atoms with van der Waals surface area (Å²) in [5.74, 6) is 1.35.